The normalized spacial score (nSPS) is 23.4. The van der Waals surface area contributed by atoms with Gasteiger partial charge in [-0.25, -0.2) is 0 Å². The predicted octanol–water partition coefficient (Wildman–Crippen LogP) is 5.52. The Kier molecular flexibility index (Phi) is 10.0. The Labute approximate surface area is 264 Å². The SMILES string of the molecule is CC(=O)OC[C@H]1OC(Sc2ccc(C)cc2)[C@H](N2C(=O)c3c(Cl)c(Cl)c(Cl)c(Cl)c3C2=O)[C@@H](OC(C)=O)[C@@H]1OC(C)=O. The van der Waals surface area contributed by atoms with Crippen molar-refractivity contribution in [2.24, 2.45) is 0 Å². The summed E-state index contributed by atoms with van der Waals surface area (Å²) >= 11 is 26.2. The van der Waals surface area contributed by atoms with Crippen molar-refractivity contribution < 1.29 is 42.9 Å². The minimum absolute atomic E-state index is 0.230. The van der Waals surface area contributed by atoms with Crippen LogP contribution in [0.4, 0.5) is 0 Å². The maximum absolute atomic E-state index is 13.9. The fraction of sp³-hybridized carbons (Fsp3) is 0.370. The van der Waals surface area contributed by atoms with Crippen LogP contribution in [0.1, 0.15) is 47.1 Å². The van der Waals surface area contributed by atoms with Crippen LogP contribution in [0.3, 0.4) is 0 Å². The first-order valence-electron chi connectivity index (χ1n) is 12.3. The number of esters is 3. The Morgan fingerprint density at radius 3 is 1.79 bits per heavy atom. The van der Waals surface area contributed by atoms with Gasteiger partial charge in [-0.1, -0.05) is 75.9 Å². The molecule has 2 heterocycles. The van der Waals surface area contributed by atoms with Gasteiger partial charge in [0, 0.05) is 25.7 Å². The summed E-state index contributed by atoms with van der Waals surface area (Å²) in [6, 6.07) is 5.85. The average Bonchev–Trinajstić information content (AvgIpc) is 3.17. The third-order valence-electron chi connectivity index (χ3n) is 6.37. The van der Waals surface area contributed by atoms with Crippen molar-refractivity contribution >= 4 is 87.9 Å². The van der Waals surface area contributed by atoms with Crippen LogP contribution in [0.15, 0.2) is 29.2 Å². The third-order valence-corrected chi connectivity index (χ3v) is 9.34. The van der Waals surface area contributed by atoms with E-state index in [4.69, 9.17) is 65.4 Å². The molecule has 1 saturated heterocycles. The van der Waals surface area contributed by atoms with Crippen molar-refractivity contribution in [2.45, 2.75) is 62.4 Å². The summed E-state index contributed by atoms with van der Waals surface area (Å²) in [5, 5.41) is -1.05. The van der Waals surface area contributed by atoms with Gasteiger partial charge in [0.05, 0.1) is 31.2 Å². The Balaban J connectivity index is 1.89. The van der Waals surface area contributed by atoms with Crippen molar-refractivity contribution in [3.63, 3.8) is 0 Å². The lowest BCUT2D eigenvalue weighted by Gasteiger charge is -2.47. The van der Waals surface area contributed by atoms with Crippen LogP contribution in [0, 0.1) is 6.92 Å². The van der Waals surface area contributed by atoms with Gasteiger partial charge >= 0.3 is 17.9 Å². The summed E-state index contributed by atoms with van der Waals surface area (Å²) in [5.74, 6) is -4.08. The summed E-state index contributed by atoms with van der Waals surface area (Å²) in [7, 11) is 0. The smallest absolute Gasteiger partial charge is 0.303 e. The van der Waals surface area contributed by atoms with E-state index in [9.17, 15) is 24.0 Å². The van der Waals surface area contributed by atoms with Crippen molar-refractivity contribution in [2.75, 3.05) is 6.61 Å². The van der Waals surface area contributed by atoms with Gasteiger partial charge in [0.1, 0.15) is 24.2 Å². The van der Waals surface area contributed by atoms with E-state index in [0.29, 0.717) is 4.90 Å². The van der Waals surface area contributed by atoms with Crippen LogP contribution in [0.2, 0.25) is 20.1 Å². The molecule has 0 N–H and O–H groups in total. The Hall–Kier alpha value is -2.54. The lowest BCUT2D eigenvalue weighted by atomic mass is 9.96. The molecule has 42 heavy (non-hydrogen) atoms. The molecule has 2 amide bonds. The van der Waals surface area contributed by atoms with Crippen LogP contribution in [0.25, 0.3) is 0 Å². The molecule has 2 aliphatic heterocycles. The number of carbonyl (C=O) groups excluding carboxylic acids is 5. The van der Waals surface area contributed by atoms with E-state index in [1.807, 2.05) is 19.1 Å². The second kappa shape index (κ2) is 13.0. The predicted molar refractivity (Wildman–Crippen MR) is 154 cm³/mol. The Bertz CT molecular complexity index is 1420. The highest BCUT2D eigenvalue weighted by molar-refractivity contribution is 7.99. The van der Waals surface area contributed by atoms with Gasteiger partial charge in [-0.3, -0.25) is 28.9 Å². The van der Waals surface area contributed by atoms with Crippen molar-refractivity contribution in [3.8, 4) is 0 Å². The minimum atomic E-state index is -1.48. The van der Waals surface area contributed by atoms with Gasteiger partial charge in [0.25, 0.3) is 11.8 Å². The third kappa shape index (κ3) is 6.36. The first-order valence-corrected chi connectivity index (χ1v) is 14.7. The van der Waals surface area contributed by atoms with Crippen molar-refractivity contribution in [1.29, 1.82) is 0 Å². The summed E-state index contributed by atoms with van der Waals surface area (Å²) < 4.78 is 22.6. The topological polar surface area (TPSA) is 126 Å². The number of thioether (sulfide) groups is 1. The zero-order valence-electron chi connectivity index (χ0n) is 22.4. The monoisotopic (exact) mass is 677 g/mol. The first-order chi connectivity index (χ1) is 19.7. The fourth-order valence-corrected chi connectivity index (χ4v) is 6.83. The molecule has 0 radical (unpaired) electrons. The highest BCUT2D eigenvalue weighted by Crippen LogP contribution is 2.47. The molecule has 2 aromatic rings. The molecule has 15 heteroatoms. The molecular formula is C27H23Cl4NO9S. The van der Waals surface area contributed by atoms with Gasteiger partial charge < -0.3 is 18.9 Å². The van der Waals surface area contributed by atoms with E-state index < -0.39 is 66.1 Å². The minimum Gasteiger partial charge on any atom is -0.463 e. The van der Waals surface area contributed by atoms with Crippen molar-refractivity contribution in [3.05, 3.63) is 61.0 Å². The van der Waals surface area contributed by atoms with Crippen LogP contribution < -0.4 is 0 Å². The molecule has 0 bridgehead atoms. The second-order valence-corrected chi connectivity index (χ2v) is 12.1. The number of hydrogen-bond acceptors (Lipinski definition) is 10. The molecule has 10 nitrogen and oxygen atoms in total. The molecule has 2 aromatic carbocycles. The van der Waals surface area contributed by atoms with E-state index in [1.165, 1.54) is 6.92 Å². The fourth-order valence-electron chi connectivity index (χ4n) is 4.64. The number of ether oxygens (including phenoxy) is 4. The molecular weight excluding hydrogens is 656 g/mol. The summed E-state index contributed by atoms with van der Waals surface area (Å²) in [6.07, 6.45) is -4.05. The largest absolute Gasteiger partial charge is 0.463 e. The zero-order chi connectivity index (χ0) is 31.0. The number of rotatable bonds is 7. The number of nitrogens with zero attached hydrogens (tertiary/aromatic N) is 1. The molecule has 0 aliphatic carbocycles. The molecule has 4 rings (SSSR count). The van der Waals surface area contributed by atoms with Crippen LogP contribution >= 0.6 is 58.2 Å². The Morgan fingerprint density at radius 1 is 0.810 bits per heavy atom. The van der Waals surface area contributed by atoms with E-state index in [1.54, 1.807) is 12.1 Å². The lowest BCUT2D eigenvalue weighted by molar-refractivity contribution is -0.216. The molecule has 0 spiro atoms. The molecule has 1 unspecified atom stereocenters. The highest BCUT2D eigenvalue weighted by atomic mass is 35.5. The summed E-state index contributed by atoms with van der Waals surface area (Å²) in [5.41, 5.74) is -0.768. The number of carbonyl (C=O) groups is 5. The van der Waals surface area contributed by atoms with E-state index in [-0.39, 0.29) is 31.2 Å². The average molecular weight is 679 g/mol. The van der Waals surface area contributed by atoms with Crippen LogP contribution in [0.5, 0.6) is 0 Å². The van der Waals surface area contributed by atoms with Gasteiger partial charge in [0.2, 0.25) is 0 Å². The van der Waals surface area contributed by atoms with Crippen LogP contribution in [-0.2, 0) is 33.3 Å². The maximum Gasteiger partial charge on any atom is 0.303 e. The second-order valence-electron chi connectivity index (χ2n) is 9.40. The molecule has 0 saturated carbocycles. The standard InChI is InChI=1S/C27H23Cl4NO9S/c1-10-5-7-14(8-6-10)42-27-22(32-25(36)16-17(26(32)37)19(29)21(31)20(30)18(16)28)24(40-13(4)35)23(39-12(3)34)15(41-27)9-38-11(2)33/h5-8,15,22-24,27H,9H2,1-4H3/t15-,22-,23-,24-,27?/m1/s1. The van der Waals surface area contributed by atoms with E-state index in [0.717, 1.165) is 36.1 Å². The number of halogens is 4. The molecule has 5 atom stereocenters. The van der Waals surface area contributed by atoms with Gasteiger partial charge in [0.15, 0.2) is 12.2 Å². The van der Waals surface area contributed by atoms with Crippen LogP contribution in [-0.4, -0.2) is 71.0 Å². The highest BCUT2D eigenvalue weighted by Gasteiger charge is 2.58. The number of aryl methyl sites for hydroxylation is 1. The quantitative estimate of drug-likeness (QED) is 0.122. The van der Waals surface area contributed by atoms with Gasteiger partial charge in [-0.05, 0) is 19.1 Å². The number of fused-ring (bicyclic) bond motifs is 1. The molecule has 2 aliphatic rings. The number of imide groups is 1. The number of hydrogen-bond donors (Lipinski definition) is 0. The van der Waals surface area contributed by atoms with Gasteiger partial charge in [-0.15, -0.1) is 0 Å². The van der Waals surface area contributed by atoms with E-state index >= 15 is 0 Å². The zero-order valence-corrected chi connectivity index (χ0v) is 26.3. The van der Waals surface area contributed by atoms with Crippen molar-refractivity contribution in [1.82, 2.24) is 4.90 Å². The Morgan fingerprint density at radius 2 is 1.31 bits per heavy atom. The van der Waals surface area contributed by atoms with Gasteiger partial charge in [-0.2, -0.15) is 0 Å². The summed E-state index contributed by atoms with van der Waals surface area (Å²) in [6.45, 7) is 4.90. The number of benzene rings is 2. The molecule has 1 fully saturated rings. The molecule has 0 aromatic heterocycles. The van der Waals surface area contributed by atoms with E-state index in [2.05, 4.69) is 0 Å². The lowest BCUT2D eigenvalue weighted by Crippen LogP contribution is -2.66. The maximum atomic E-state index is 13.9. The summed E-state index contributed by atoms with van der Waals surface area (Å²) in [4.78, 5) is 65.5. The first kappa shape index (κ1) is 32.4. The number of amides is 2. The molecule has 224 valence electrons.